The van der Waals surface area contributed by atoms with E-state index in [1.807, 2.05) is 0 Å². The van der Waals surface area contributed by atoms with Gasteiger partial charge in [-0.15, -0.1) is 12.3 Å². The maximum Gasteiger partial charge on any atom is 0.303 e. The largest absolute Gasteiger partial charge is 0.481 e. The molecule has 0 aromatic carbocycles. The summed E-state index contributed by atoms with van der Waals surface area (Å²) in [7, 11) is 0. The Morgan fingerprint density at radius 3 is 2.85 bits per heavy atom. The van der Waals surface area contributed by atoms with Crippen molar-refractivity contribution < 1.29 is 9.90 Å². The van der Waals surface area contributed by atoms with E-state index in [0.29, 0.717) is 24.2 Å². The van der Waals surface area contributed by atoms with Gasteiger partial charge < -0.3 is 5.11 Å². The van der Waals surface area contributed by atoms with Gasteiger partial charge in [-0.05, 0) is 37.0 Å². The van der Waals surface area contributed by atoms with E-state index in [0.717, 1.165) is 25.2 Å². The minimum Gasteiger partial charge on any atom is -0.481 e. The SMILES string of the molecule is C#C[C@@H]1CC2C[C@H](CC(=O)O)[C@@H]2C1. The molecule has 2 rings (SSSR count). The van der Waals surface area contributed by atoms with E-state index < -0.39 is 5.97 Å². The third-order valence-electron chi connectivity index (χ3n) is 3.63. The fourth-order valence-electron chi connectivity index (χ4n) is 2.97. The van der Waals surface area contributed by atoms with E-state index in [1.165, 1.54) is 0 Å². The molecule has 0 bridgehead atoms. The molecule has 70 valence electrons. The van der Waals surface area contributed by atoms with E-state index in [2.05, 4.69) is 5.92 Å². The van der Waals surface area contributed by atoms with Crippen LogP contribution in [0, 0.1) is 36.0 Å². The molecular formula is C11H14O2. The van der Waals surface area contributed by atoms with Gasteiger partial charge in [0.15, 0.2) is 0 Å². The second kappa shape index (κ2) is 3.06. The summed E-state index contributed by atoms with van der Waals surface area (Å²) in [6.07, 6.45) is 9.01. The summed E-state index contributed by atoms with van der Waals surface area (Å²) in [5, 5.41) is 8.65. The highest BCUT2D eigenvalue weighted by molar-refractivity contribution is 5.67. The van der Waals surface area contributed by atoms with Crippen molar-refractivity contribution in [3.05, 3.63) is 0 Å². The van der Waals surface area contributed by atoms with Crippen LogP contribution in [-0.4, -0.2) is 11.1 Å². The number of carboxylic acid groups (broad SMARTS) is 1. The lowest BCUT2D eigenvalue weighted by atomic mass is 9.65. The first-order valence-corrected chi connectivity index (χ1v) is 4.88. The number of hydrogen-bond donors (Lipinski definition) is 1. The predicted octanol–water partition coefficient (Wildman–Crippen LogP) is 1.76. The third kappa shape index (κ3) is 1.44. The van der Waals surface area contributed by atoms with Crippen molar-refractivity contribution in [2.24, 2.45) is 23.7 Å². The summed E-state index contributed by atoms with van der Waals surface area (Å²) in [5.74, 6) is 4.34. The number of aliphatic carboxylic acids is 1. The quantitative estimate of drug-likeness (QED) is 0.654. The molecule has 0 aromatic heterocycles. The zero-order chi connectivity index (χ0) is 9.42. The zero-order valence-electron chi connectivity index (χ0n) is 7.57. The lowest BCUT2D eigenvalue weighted by Gasteiger charge is -2.39. The number of carboxylic acids is 1. The molecule has 2 saturated carbocycles. The Bertz CT molecular complexity index is 264. The van der Waals surface area contributed by atoms with E-state index in [-0.39, 0.29) is 0 Å². The summed E-state index contributed by atoms with van der Waals surface area (Å²) >= 11 is 0. The number of terminal acetylenes is 1. The minimum absolute atomic E-state index is 0.346. The molecule has 2 nitrogen and oxygen atoms in total. The first-order chi connectivity index (χ1) is 6.20. The number of hydrogen-bond acceptors (Lipinski definition) is 1. The van der Waals surface area contributed by atoms with Gasteiger partial charge >= 0.3 is 5.97 Å². The first-order valence-electron chi connectivity index (χ1n) is 4.88. The third-order valence-corrected chi connectivity index (χ3v) is 3.63. The highest BCUT2D eigenvalue weighted by atomic mass is 16.4. The van der Waals surface area contributed by atoms with Crippen LogP contribution in [0.5, 0.6) is 0 Å². The van der Waals surface area contributed by atoms with Gasteiger partial charge in [-0.25, -0.2) is 0 Å². The van der Waals surface area contributed by atoms with Gasteiger partial charge in [0.05, 0.1) is 0 Å². The average molecular weight is 178 g/mol. The second-order valence-electron chi connectivity index (χ2n) is 4.35. The standard InChI is InChI=1S/C11H14O2/c1-2-7-3-8-5-9(6-11(12)13)10(8)4-7/h1,7-10H,3-6H2,(H,12,13)/t7-,8?,9-,10-/m1/s1. The number of fused-ring (bicyclic) bond motifs is 1. The van der Waals surface area contributed by atoms with Crippen LogP contribution in [0.15, 0.2) is 0 Å². The molecule has 0 amide bonds. The Morgan fingerprint density at radius 2 is 2.23 bits per heavy atom. The zero-order valence-corrected chi connectivity index (χ0v) is 7.57. The molecular weight excluding hydrogens is 164 g/mol. The fourth-order valence-corrected chi connectivity index (χ4v) is 2.97. The molecule has 1 unspecified atom stereocenters. The van der Waals surface area contributed by atoms with Crippen LogP contribution in [0.25, 0.3) is 0 Å². The maximum absolute atomic E-state index is 10.5. The van der Waals surface area contributed by atoms with Gasteiger partial charge in [0.25, 0.3) is 0 Å². The van der Waals surface area contributed by atoms with E-state index in [1.54, 1.807) is 0 Å². The van der Waals surface area contributed by atoms with Crippen molar-refractivity contribution in [3.63, 3.8) is 0 Å². The van der Waals surface area contributed by atoms with Crippen LogP contribution >= 0.6 is 0 Å². The summed E-state index contributed by atoms with van der Waals surface area (Å²) in [5.41, 5.74) is 0. The number of carbonyl (C=O) groups is 1. The van der Waals surface area contributed by atoms with Crippen molar-refractivity contribution in [2.45, 2.75) is 25.7 Å². The van der Waals surface area contributed by atoms with Gasteiger partial charge in [-0.2, -0.15) is 0 Å². The van der Waals surface area contributed by atoms with Crippen LogP contribution in [0.4, 0.5) is 0 Å². The summed E-state index contributed by atoms with van der Waals surface area (Å²) < 4.78 is 0. The van der Waals surface area contributed by atoms with Crippen molar-refractivity contribution in [3.8, 4) is 12.3 Å². The molecule has 2 fully saturated rings. The van der Waals surface area contributed by atoms with Crippen LogP contribution < -0.4 is 0 Å². The molecule has 0 spiro atoms. The molecule has 2 heteroatoms. The van der Waals surface area contributed by atoms with E-state index in [4.69, 9.17) is 11.5 Å². The summed E-state index contributed by atoms with van der Waals surface area (Å²) in [6.45, 7) is 0. The molecule has 0 radical (unpaired) electrons. The Morgan fingerprint density at radius 1 is 1.46 bits per heavy atom. The number of rotatable bonds is 2. The molecule has 0 heterocycles. The van der Waals surface area contributed by atoms with Crippen molar-refractivity contribution in [1.82, 2.24) is 0 Å². The molecule has 4 atom stereocenters. The summed E-state index contributed by atoms with van der Waals surface area (Å²) in [6, 6.07) is 0. The van der Waals surface area contributed by atoms with Gasteiger partial charge in [0.1, 0.15) is 0 Å². The molecule has 0 saturated heterocycles. The van der Waals surface area contributed by atoms with Crippen LogP contribution in [0.1, 0.15) is 25.7 Å². The van der Waals surface area contributed by atoms with Crippen molar-refractivity contribution in [1.29, 1.82) is 0 Å². The highest BCUT2D eigenvalue weighted by Crippen LogP contribution is 2.54. The van der Waals surface area contributed by atoms with Gasteiger partial charge in [0.2, 0.25) is 0 Å². The van der Waals surface area contributed by atoms with E-state index in [9.17, 15) is 4.79 Å². The van der Waals surface area contributed by atoms with Gasteiger partial charge in [-0.1, -0.05) is 0 Å². The topological polar surface area (TPSA) is 37.3 Å². The monoisotopic (exact) mass is 178 g/mol. The van der Waals surface area contributed by atoms with E-state index >= 15 is 0 Å². The Balaban J connectivity index is 1.89. The molecule has 13 heavy (non-hydrogen) atoms. The van der Waals surface area contributed by atoms with Crippen LogP contribution in [0.2, 0.25) is 0 Å². The summed E-state index contributed by atoms with van der Waals surface area (Å²) in [4.78, 5) is 10.5. The molecule has 2 aliphatic carbocycles. The molecule has 2 aliphatic rings. The van der Waals surface area contributed by atoms with Crippen molar-refractivity contribution >= 4 is 5.97 Å². The van der Waals surface area contributed by atoms with Gasteiger partial charge in [0, 0.05) is 12.3 Å². The lowest BCUT2D eigenvalue weighted by molar-refractivity contribution is -0.140. The normalized spacial score (nSPS) is 41.8. The maximum atomic E-state index is 10.5. The first kappa shape index (κ1) is 8.62. The lowest BCUT2D eigenvalue weighted by Crippen LogP contribution is -2.33. The molecule has 0 aliphatic heterocycles. The molecule has 1 N–H and O–H groups in total. The smallest absolute Gasteiger partial charge is 0.303 e. The predicted molar refractivity (Wildman–Crippen MR) is 48.9 cm³/mol. The Labute approximate surface area is 78.3 Å². The second-order valence-corrected chi connectivity index (χ2v) is 4.35. The highest BCUT2D eigenvalue weighted by Gasteiger charge is 2.47. The van der Waals surface area contributed by atoms with Gasteiger partial charge in [-0.3, -0.25) is 4.79 Å². The average Bonchev–Trinajstić information content (AvgIpc) is 2.38. The fraction of sp³-hybridized carbons (Fsp3) is 0.727. The van der Waals surface area contributed by atoms with Crippen molar-refractivity contribution in [2.75, 3.05) is 0 Å². The molecule has 0 aromatic rings. The Kier molecular flexibility index (Phi) is 2.03. The Hall–Kier alpha value is -0.970. The minimum atomic E-state index is -0.660. The van der Waals surface area contributed by atoms with Crippen LogP contribution in [0.3, 0.4) is 0 Å². The van der Waals surface area contributed by atoms with Crippen LogP contribution in [-0.2, 0) is 4.79 Å².